The first kappa shape index (κ1) is 22.7. The van der Waals surface area contributed by atoms with Crippen LogP contribution in [-0.2, 0) is 24.4 Å². The van der Waals surface area contributed by atoms with Gasteiger partial charge in [-0.2, -0.15) is 5.10 Å². The molecule has 1 aliphatic rings. The van der Waals surface area contributed by atoms with Crippen LogP contribution in [0.15, 0.2) is 48.5 Å². The van der Waals surface area contributed by atoms with Crippen LogP contribution in [0, 0.1) is 4.77 Å². The lowest BCUT2D eigenvalue weighted by molar-refractivity contribution is -0.121. The molecule has 2 heterocycles. The van der Waals surface area contributed by atoms with E-state index in [1.54, 1.807) is 16.7 Å². The minimum absolute atomic E-state index is 0.0920. The number of benzene rings is 2. The van der Waals surface area contributed by atoms with E-state index in [4.69, 9.17) is 23.8 Å². The highest BCUT2D eigenvalue weighted by molar-refractivity contribution is 7.71. The van der Waals surface area contributed by atoms with E-state index in [9.17, 15) is 4.79 Å². The Morgan fingerprint density at radius 3 is 2.41 bits per heavy atom. The van der Waals surface area contributed by atoms with Gasteiger partial charge >= 0.3 is 0 Å². The number of carbonyl (C=O) groups excluding carboxylic acids is 1. The molecule has 3 aromatic rings. The van der Waals surface area contributed by atoms with Gasteiger partial charge in [0, 0.05) is 49.9 Å². The number of piperazine rings is 1. The molecule has 1 aliphatic heterocycles. The van der Waals surface area contributed by atoms with Gasteiger partial charge in [0.2, 0.25) is 5.91 Å². The Balaban J connectivity index is 1.31. The van der Waals surface area contributed by atoms with Crippen molar-refractivity contribution in [3.8, 4) is 11.4 Å². The summed E-state index contributed by atoms with van der Waals surface area (Å²) in [5.74, 6) is 0.481. The highest BCUT2D eigenvalue weighted by Crippen LogP contribution is 2.20. The summed E-state index contributed by atoms with van der Waals surface area (Å²) in [7, 11) is 2.17. The van der Waals surface area contributed by atoms with E-state index in [2.05, 4.69) is 56.6 Å². The second-order valence-corrected chi connectivity index (χ2v) is 8.94. The van der Waals surface area contributed by atoms with E-state index >= 15 is 0 Å². The third-order valence-electron chi connectivity index (χ3n) is 5.68. The van der Waals surface area contributed by atoms with Crippen LogP contribution in [0.3, 0.4) is 0 Å². The zero-order valence-electron chi connectivity index (χ0n) is 18.1. The molecule has 168 valence electrons. The van der Waals surface area contributed by atoms with Gasteiger partial charge in [0.05, 0.1) is 0 Å². The minimum atomic E-state index is -0.126. The van der Waals surface area contributed by atoms with Crippen LogP contribution in [0.25, 0.3) is 11.4 Å². The van der Waals surface area contributed by atoms with Crippen LogP contribution >= 0.6 is 23.8 Å². The summed E-state index contributed by atoms with van der Waals surface area (Å²) in [6, 6.07) is 15.7. The van der Waals surface area contributed by atoms with Crippen molar-refractivity contribution in [2.45, 2.75) is 19.6 Å². The molecule has 9 heteroatoms. The molecule has 1 amide bonds. The number of likely N-dealkylation sites (N-methyl/N-ethyl adjacent to an activating group) is 1. The van der Waals surface area contributed by atoms with E-state index in [0.717, 1.165) is 43.9 Å². The number of aromatic amines is 1. The van der Waals surface area contributed by atoms with E-state index < -0.39 is 0 Å². The number of hydrogen-bond acceptors (Lipinski definition) is 5. The molecular weight excluding hydrogens is 444 g/mol. The Morgan fingerprint density at radius 1 is 1.06 bits per heavy atom. The van der Waals surface area contributed by atoms with Crippen LogP contribution < -0.4 is 5.32 Å². The van der Waals surface area contributed by atoms with Crippen molar-refractivity contribution in [3.05, 3.63) is 69.5 Å². The third-order valence-corrected chi connectivity index (χ3v) is 6.24. The first-order valence-electron chi connectivity index (χ1n) is 10.6. The number of hydrogen-bond donors (Lipinski definition) is 2. The molecule has 0 saturated carbocycles. The van der Waals surface area contributed by atoms with E-state index in [1.807, 2.05) is 12.1 Å². The maximum atomic E-state index is 12.6. The highest BCUT2D eigenvalue weighted by atomic mass is 35.5. The summed E-state index contributed by atoms with van der Waals surface area (Å²) in [6.07, 6.45) is 0. The Labute approximate surface area is 198 Å². The Kier molecular flexibility index (Phi) is 7.36. The van der Waals surface area contributed by atoms with Gasteiger partial charge in [0.1, 0.15) is 6.54 Å². The number of halogens is 1. The number of nitrogens with zero attached hydrogens (tertiary/aromatic N) is 4. The Hall–Kier alpha value is -2.52. The summed E-state index contributed by atoms with van der Waals surface area (Å²) in [6.45, 7) is 5.96. The average molecular weight is 471 g/mol. The van der Waals surface area contributed by atoms with Crippen molar-refractivity contribution in [1.82, 2.24) is 29.9 Å². The lowest BCUT2D eigenvalue weighted by atomic mass is 10.1. The minimum Gasteiger partial charge on any atom is -0.350 e. The number of amides is 1. The Morgan fingerprint density at radius 2 is 1.72 bits per heavy atom. The molecule has 0 aliphatic carbocycles. The molecule has 2 aromatic carbocycles. The standard InChI is InChI=1S/C23H27ClN6OS/c1-28-10-12-29(13-11-28)15-18-4-2-17(3-5-18)14-25-21(31)16-30-22(26-27-23(30)32)19-6-8-20(24)9-7-19/h2-9H,10-16H2,1H3,(H,25,31)(H,27,32). The topological polar surface area (TPSA) is 69.2 Å². The lowest BCUT2D eigenvalue weighted by Gasteiger charge is -2.32. The molecule has 4 rings (SSSR count). The quantitative estimate of drug-likeness (QED) is 0.518. The van der Waals surface area contributed by atoms with Crippen LogP contribution in [-0.4, -0.2) is 63.7 Å². The largest absolute Gasteiger partial charge is 0.350 e. The molecule has 32 heavy (non-hydrogen) atoms. The first-order chi connectivity index (χ1) is 15.5. The number of H-pyrrole nitrogens is 1. The molecule has 1 aromatic heterocycles. The van der Waals surface area contributed by atoms with Gasteiger partial charge in [0.15, 0.2) is 10.6 Å². The summed E-state index contributed by atoms with van der Waals surface area (Å²) in [5.41, 5.74) is 3.20. The van der Waals surface area contributed by atoms with E-state index in [1.165, 1.54) is 5.56 Å². The summed E-state index contributed by atoms with van der Waals surface area (Å²) in [4.78, 5) is 17.4. The van der Waals surface area contributed by atoms with Gasteiger partial charge in [-0.3, -0.25) is 19.4 Å². The molecule has 1 saturated heterocycles. The normalized spacial score (nSPS) is 15.1. The summed E-state index contributed by atoms with van der Waals surface area (Å²) in [5, 5.41) is 10.6. The monoisotopic (exact) mass is 470 g/mol. The van der Waals surface area contributed by atoms with Crippen LogP contribution in [0.4, 0.5) is 0 Å². The lowest BCUT2D eigenvalue weighted by Crippen LogP contribution is -2.43. The van der Waals surface area contributed by atoms with Crippen LogP contribution in [0.5, 0.6) is 0 Å². The molecule has 0 spiro atoms. The number of carbonyl (C=O) groups is 1. The van der Waals surface area contributed by atoms with Gasteiger partial charge in [-0.25, -0.2) is 0 Å². The maximum Gasteiger partial charge on any atom is 0.240 e. The van der Waals surface area contributed by atoms with Crippen molar-refractivity contribution in [2.24, 2.45) is 0 Å². The molecule has 1 fully saturated rings. The number of rotatable bonds is 7. The zero-order chi connectivity index (χ0) is 22.5. The van der Waals surface area contributed by atoms with Crippen LogP contribution in [0.1, 0.15) is 11.1 Å². The zero-order valence-corrected chi connectivity index (χ0v) is 19.6. The van der Waals surface area contributed by atoms with Gasteiger partial charge < -0.3 is 10.2 Å². The van der Waals surface area contributed by atoms with E-state index in [-0.39, 0.29) is 12.5 Å². The third kappa shape index (κ3) is 5.83. The molecule has 0 unspecified atom stereocenters. The van der Waals surface area contributed by atoms with Crippen molar-refractivity contribution in [1.29, 1.82) is 0 Å². The fourth-order valence-corrected chi connectivity index (χ4v) is 4.03. The van der Waals surface area contributed by atoms with Gasteiger partial charge in [0.25, 0.3) is 0 Å². The molecule has 0 atom stereocenters. The Bertz CT molecular complexity index is 1100. The number of aromatic nitrogens is 3. The van der Waals surface area contributed by atoms with Crippen LogP contribution in [0.2, 0.25) is 5.02 Å². The average Bonchev–Trinajstić information content (AvgIpc) is 3.15. The molecule has 0 bridgehead atoms. The smallest absolute Gasteiger partial charge is 0.240 e. The maximum absolute atomic E-state index is 12.6. The summed E-state index contributed by atoms with van der Waals surface area (Å²) < 4.78 is 2.09. The fraction of sp³-hybridized carbons (Fsp3) is 0.348. The van der Waals surface area contributed by atoms with Gasteiger partial charge in [-0.05, 0) is 54.7 Å². The predicted molar refractivity (Wildman–Crippen MR) is 129 cm³/mol. The molecule has 2 N–H and O–H groups in total. The number of nitrogens with one attached hydrogen (secondary N) is 2. The van der Waals surface area contributed by atoms with Gasteiger partial charge in [-0.1, -0.05) is 35.9 Å². The van der Waals surface area contributed by atoms with Crippen molar-refractivity contribution >= 4 is 29.7 Å². The molecule has 0 radical (unpaired) electrons. The van der Waals surface area contributed by atoms with Crippen molar-refractivity contribution in [3.63, 3.8) is 0 Å². The molecule has 7 nitrogen and oxygen atoms in total. The van der Waals surface area contributed by atoms with Crippen molar-refractivity contribution < 1.29 is 4.79 Å². The second-order valence-electron chi connectivity index (χ2n) is 8.12. The SMILES string of the molecule is CN1CCN(Cc2ccc(CNC(=O)Cn3c(-c4ccc(Cl)cc4)n[nH]c3=S)cc2)CC1. The highest BCUT2D eigenvalue weighted by Gasteiger charge is 2.14. The van der Waals surface area contributed by atoms with Gasteiger partial charge in [-0.15, -0.1) is 0 Å². The van der Waals surface area contributed by atoms with Crippen molar-refractivity contribution in [2.75, 3.05) is 33.2 Å². The summed E-state index contributed by atoms with van der Waals surface area (Å²) >= 11 is 11.3. The predicted octanol–water partition coefficient (Wildman–Crippen LogP) is 3.32. The fourth-order valence-electron chi connectivity index (χ4n) is 3.71. The molecular formula is C23H27ClN6OS. The first-order valence-corrected chi connectivity index (χ1v) is 11.4. The second kappa shape index (κ2) is 10.4. The van der Waals surface area contributed by atoms with E-state index in [0.29, 0.717) is 22.2 Å².